The van der Waals surface area contributed by atoms with Crippen molar-refractivity contribution in [2.45, 2.75) is 31.5 Å². The van der Waals surface area contributed by atoms with Crippen LogP contribution in [0.2, 0.25) is 0 Å². The van der Waals surface area contributed by atoms with Crippen LogP contribution >= 0.6 is 0 Å². The van der Waals surface area contributed by atoms with Crippen LogP contribution in [0.3, 0.4) is 0 Å². The minimum Gasteiger partial charge on any atom is -0.496 e. The van der Waals surface area contributed by atoms with Gasteiger partial charge in [-0.05, 0) is 37.0 Å². The van der Waals surface area contributed by atoms with Gasteiger partial charge in [0, 0.05) is 22.7 Å². The van der Waals surface area contributed by atoms with Crippen LogP contribution in [0, 0.1) is 0 Å². The molecular formula is C26H23F3N2O2. The smallest absolute Gasteiger partial charge is 0.471 e. The van der Waals surface area contributed by atoms with E-state index in [-0.39, 0.29) is 6.42 Å². The molecule has 1 unspecified atom stereocenters. The standard InChI is InChI=1S/C26H23F3N2O2/c1-33-23-15-14-22(20-13-12-19(16-21(20)23)30-25(32)26(27,28)29)31-24(17-8-4-2-5-9-17)18-10-6-3-7-11-18/h2-11,14-15,19H,12-13,16H2,1H3,(H,30,32). The van der Waals surface area contributed by atoms with Gasteiger partial charge in [-0.2, -0.15) is 13.2 Å². The number of rotatable bonds is 5. The second-order valence-corrected chi connectivity index (χ2v) is 7.85. The summed E-state index contributed by atoms with van der Waals surface area (Å²) in [4.78, 5) is 16.4. The minimum atomic E-state index is -4.91. The molecule has 0 bridgehead atoms. The number of alkyl halides is 3. The van der Waals surface area contributed by atoms with Crippen LogP contribution in [0.5, 0.6) is 5.75 Å². The van der Waals surface area contributed by atoms with Crippen molar-refractivity contribution in [2.75, 3.05) is 7.11 Å². The molecule has 7 heteroatoms. The first-order valence-electron chi connectivity index (χ1n) is 10.6. The summed E-state index contributed by atoms with van der Waals surface area (Å²) >= 11 is 0. The first-order chi connectivity index (χ1) is 15.9. The van der Waals surface area contributed by atoms with Gasteiger partial charge in [0.05, 0.1) is 18.5 Å². The fourth-order valence-corrected chi connectivity index (χ4v) is 4.12. The van der Waals surface area contributed by atoms with Gasteiger partial charge in [-0.1, -0.05) is 60.7 Å². The Labute approximate surface area is 190 Å². The van der Waals surface area contributed by atoms with E-state index < -0.39 is 18.1 Å². The summed E-state index contributed by atoms with van der Waals surface area (Å²) in [6.45, 7) is 0. The Balaban J connectivity index is 1.74. The summed E-state index contributed by atoms with van der Waals surface area (Å²) in [7, 11) is 1.52. The lowest BCUT2D eigenvalue weighted by Crippen LogP contribution is -2.45. The summed E-state index contributed by atoms with van der Waals surface area (Å²) in [6.07, 6.45) is -3.80. The molecule has 4 rings (SSSR count). The topological polar surface area (TPSA) is 50.7 Å². The van der Waals surface area contributed by atoms with E-state index in [9.17, 15) is 18.0 Å². The molecule has 1 amide bonds. The maximum Gasteiger partial charge on any atom is 0.471 e. The van der Waals surface area contributed by atoms with E-state index in [0.29, 0.717) is 18.6 Å². The number of carbonyl (C=O) groups is 1. The Hall–Kier alpha value is -3.61. The van der Waals surface area contributed by atoms with Crippen molar-refractivity contribution in [3.8, 4) is 5.75 Å². The van der Waals surface area contributed by atoms with Gasteiger partial charge in [0.25, 0.3) is 0 Å². The van der Waals surface area contributed by atoms with E-state index in [0.717, 1.165) is 33.7 Å². The summed E-state index contributed by atoms with van der Waals surface area (Å²) in [5.74, 6) is -1.34. The number of nitrogens with zero attached hydrogens (tertiary/aromatic N) is 1. The molecule has 1 aliphatic carbocycles. The minimum absolute atomic E-state index is 0.246. The molecule has 0 aromatic heterocycles. The molecule has 33 heavy (non-hydrogen) atoms. The third kappa shape index (κ3) is 5.08. The fourth-order valence-electron chi connectivity index (χ4n) is 4.12. The van der Waals surface area contributed by atoms with E-state index in [4.69, 9.17) is 9.73 Å². The fraction of sp³-hybridized carbons (Fsp3) is 0.231. The van der Waals surface area contributed by atoms with E-state index in [1.54, 1.807) is 6.07 Å². The van der Waals surface area contributed by atoms with Crippen LogP contribution in [0.15, 0.2) is 77.8 Å². The van der Waals surface area contributed by atoms with Gasteiger partial charge in [0.1, 0.15) is 5.75 Å². The van der Waals surface area contributed by atoms with Gasteiger partial charge in [0.2, 0.25) is 0 Å². The Morgan fingerprint density at radius 2 is 1.55 bits per heavy atom. The van der Waals surface area contributed by atoms with Crippen molar-refractivity contribution in [3.63, 3.8) is 0 Å². The van der Waals surface area contributed by atoms with Crippen LogP contribution < -0.4 is 10.1 Å². The molecule has 3 aromatic rings. The first-order valence-corrected chi connectivity index (χ1v) is 10.6. The second-order valence-electron chi connectivity index (χ2n) is 7.85. The quantitative estimate of drug-likeness (QED) is 0.527. The number of aliphatic imine (C=N–C) groups is 1. The molecule has 1 N–H and O–H groups in total. The summed E-state index contributed by atoms with van der Waals surface area (Å²) < 4.78 is 43.6. The zero-order valence-corrected chi connectivity index (χ0v) is 18.0. The molecule has 1 atom stereocenters. The van der Waals surface area contributed by atoms with Crippen molar-refractivity contribution in [1.82, 2.24) is 5.32 Å². The van der Waals surface area contributed by atoms with Crippen molar-refractivity contribution >= 4 is 17.3 Å². The Kier molecular flexibility index (Phi) is 6.49. The van der Waals surface area contributed by atoms with Gasteiger partial charge in [-0.25, -0.2) is 4.99 Å². The highest BCUT2D eigenvalue weighted by Gasteiger charge is 2.40. The Morgan fingerprint density at radius 3 is 2.09 bits per heavy atom. The van der Waals surface area contributed by atoms with E-state index in [1.165, 1.54) is 7.11 Å². The summed E-state index contributed by atoms with van der Waals surface area (Å²) in [5.41, 5.74) is 5.16. The lowest BCUT2D eigenvalue weighted by atomic mass is 9.86. The van der Waals surface area contributed by atoms with Crippen LogP contribution in [-0.2, 0) is 17.6 Å². The van der Waals surface area contributed by atoms with Crippen molar-refractivity contribution in [2.24, 2.45) is 4.99 Å². The highest BCUT2D eigenvalue weighted by molar-refractivity contribution is 6.14. The second kappa shape index (κ2) is 9.48. The summed E-state index contributed by atoms with van der Waals surface area (Å²) in [5, 5.41) is 2.11. The highest BCUT2D eigenvalue weighted by Crippen LogP contribution is 2.37. The maximum atomic E-state index is 12.7. The Morgan fingerprint density at radius 1 is 0.939 bits per heavy atom. The zero-order chi connectivity index (χ0) is 23.4. The van der Waals surface area contributed by atoms with Crippen LogP contribution in [0.4, 0.5) is 18.9 Å². The number of ether oxygens (including phenoxy) is 1. The maximum absolute atomic E-state index is 12.7. The van der Waals surface area contributed by atoms with Crippen molar-refractivity contribution in [1.29, 1.82) is 0 Å². The number of amides is 1. The normalized spacial score (nSPS) is 15.3. The monoisotopic (exact) mass is 452 g/mol. The van der Waals surface area contributed by atoms with E-state index in [1.807, 2.05) is 66.7 Å². The van der Waals surface area contributed by atoms with Crippen LogP contribution in [0.1, 0.15) is 28.7 Å². The first kappa shape index (κ1) is 22.6. The third-order valence-electron chi connectivity index (χ3n) is 5.70. The van der Waals surface area contributed by atoms with Crippen molar-refractivity contribution < 1.29 is 22.7 Å². The average Bonchev–Trinajstić information content (AvgIpc) is 2.83. The molecule has 0 spiro atoms. The molecule has 4 nitrogen and oxygen atoms in total. The molecule has 0 saturated carbocycles. The number of carbonyl (C=O) groups excluding carboxylic acids is 1. The SMILES string of the molecule is COc1ccc(N=C(c2ccccc2)c2ccccc2)c2c1CC(NC(=O)C(F)(F)F)CC2. The van der Waals surface area contributed by atoms with Gasteiger partial charge < -0.3 is 10.1 Å². The largest absolute Gasteiger partial charge is 0.496 e. The Bertz CT molecular complexity index is 1120. The predicted octanol–water partition coefficient (Wildman–Crippen LogP) is 5.40. The molecule has 0 aliphatic heterocycles. The molecule has 0 radical (unpaired) electrons. The molecular weight excluding hydrogens is 429 g/mol. The number of hydrogen-bond acceptors (Lipinski definition) is 3. The van der Waals surface area contributed by atoms with Gasteiger partial charge >= 0.3 is 12.1 Å². The van der Waals surface area contributed by atoms with Gasteiger partial charge in [-0.15, -0.1) is 0 Å². The molecule has 0 fully saturated rings. The number of fused-ring (bicyclic) bond motifs is 1. The van der Waals surface area contributed by atoms with Crippen LogP contribution in [-0.4, -0.2) is 30.9 Å². The van der Waals surface area contributed by atoms with Crippen LogP contribution in [0.25, 0.3) is 0 Å². The number of nitrogens with one attached hydrogen (secondary N) is 1. The lowest BCUT2D eigenvalue weighted by Gasteiger charge is -2.28. The summed E-state index contributed by atoms with van der Waals surface area (Å²) in [6, 6.07) is 22.7. The van der Waals surface area contributed by atoms with Gasteiger partial charge in [0.15, 0.2) is 0 Å². The average molecular weight is 452 g/mol. The zero-order valence-electron chi connectivity index (χ0n) is 18.0. The number of benzene rings is 3. The third-order valence-corrected chi connectivity index (χ3v) is 5.70. The molecule has 170 valence electrons. The lowest BCUT2D eigenvalue weighted by molar-refractivity contribution is -0.174. The molecule has 1 aliphatic rings. The predicted molar refractivity (Wildman–Crippen MR) is 121 cm³/mol. The molecule has 0 saturated heterocycles. The number of halogens is 3. The van der Waals surface area contributed by atoms with Gasteiger partial charge in [-0.3, -0.25) is 4.79 Å². The van der Waals surface area contributed by atoms with E-state index in [2.05, 4.69) is 5.32 Å². The molecule has 3 aromatic carbocycles. The van der Waals surface area contributed by atoms with E-state index >= 15 is 0 Å². The highest BCUT2D eigenvalue weighted by atomic mass is 19.4. The van der Waals surface area contributed by atoms with Crippen molar-refractivity contribution in [3.05, 3.63) is 95.1 Å². The number of hydrogen-bond donors (Lipinski definition) is 1. The number of methoxy groups -OCH3 is 1. The molecule has 0 heterocycles.